The molecule has 0 fully saturated rings. The first-order valence-corrected chi connectivity index (χ1v) is 10.8. The fourth-order valence-corrected chi connectivity index (χ4v) is 3.58. The quantitative estimate of drug-likeness (QED) is 0.389. The van der Waals surface area contributed by atoms with Crippen LogP contribution >= 0.6 is 0 Å². The number of para-hydroxylation sites is 1. The summed E-state index contributed by atoms with van der Waals surface area (Å²) in [6, 6.07) is 17.8. The summed E-state index contributed by atoms with van der Waals surface area (Å²) in [5, 5.41) is 20.2. The van der Waals surface area contributed by atoms with Crippen LogP contribution in [0.15, 0.2) is 67.0 Å². The van der Waals surface area contributed by atoms with Crippen molar-refractivity contribution in [3.05, 3.63) is 83.9 Å². The molecule has 0 spiro atoms. The lowest BCUT2D eigenvalue weighted by atomic mass is 10.1. The van der Waals surface area contributed by atoms with Gasteiger partial charge in [0, 0.05) is 11.8 Å². The van der Waals surface area contributed by atoms with Crippen LogP contribution in [0.3, 0.4) is 0 Å². The zero-order chi connectivity index (χ0) is 24.1. The Balaban J connectivity index is 1.46. The lowest BCUT2D eigenvalue weighted by Gasteiger charge is -2.13. The first kappa shape index (κ1) is 22.8. The Morgan fingerprint density at radius 3 is 2.56 bits per heavy atom. The van der Waals surface area contributed by atoms with E-state index in [1.54, 1.807) is 4.68 Å². The van der Waals surface area contributed by atoms with Crippen molar-refractivity contribution >= 4 is 17.6 Å². The number of carbonyl (C=O) groups excluding carboxylic acids is 1. The highest BCUT2D eigenvalue weighted by Gasteiger charge is 2.17. The van der Waals surface area contributed by atoms with Crippen LogP contribution in [0.1, 0.15) is 28.2 Å². The van der Waals surface area contributed by atoms with Crippen molar-refractivity contribution in [2.24, 2.45) is 0 Å². The number of carboxylic acids is 1. The lowest BCUT2D eigenvalue weighted by molar-refractivity contribution is -0.137. The standard InChI is InChI=1S/C25H25N5O4/c1-17-24(27-25(33)20-14-26-29(15-20)13-12-23(31)32)18(2)30(28-17)16-34-22-11-7-6-10-21(22)19-8-4-3-5-9-19/h3-11,14-15H,12-13,16H2,1-2H3,(H,27,33)(H,31,32). The Morgan fingerprint density at radius 2 is 1.79 bits per heavy atom. The number of aromatic nitrogens is 4. The van der Waals surface area contributed by atoms with Crippen molar-refractivity contribution in [1.29, 1.82) is 0 Å². The van der Waals surface area contributed by atoms with E-state index >= 15 is 0 Å². The van der Waals surface area contributed by atoms with E-state index in [4.69, 9.17) is 9.84 Å². The Labute approximate surface area is 196 Å². The maximum Gasteiger partial charge on any atom is 0.305 e. The average molecular weight is 460 g/mol. The molecule has 0 aliphatic heterocycles. The van der Waals surface area contributed by atoms with Gasteiger partial charge in [0.1, 0.15) is 5.75 Å². The van der Waals surface area contributed by atoms with E-state index in [1.165, 1.54) is 17.1 Å². The molecular formula is C25H25N5O4. The molecular weight excluding hydrogens is 434 g/mol. The minimum Gasteiger partial charge on any atom is -0.481 e. The summed E-state index contributed by atoms with van der Waals surface area (Å²) < 4.78 is 9.22. The third-order valence-corrected chi connectivity index (χ3v) is 5.38. The smallest absolute Gasteiger partial charge is 0.305 e. The maximum absolute atomic E-state index is 12.7. The van der Waals surface area contributed by atoms with Crippen molar-refractivity contribution in [3.63, 3.8) is 0 Å². The van der Waals surface area contributed by atoms with Gasteiger partial charge >= 0.3 is 5.97 Å². The van der Waals surface area contributed by atoms with Gasteiger partial charge in [-0.1, -0.05) is 48.5 Å². The highest BCUT2D eigenvalue weighted by Crippen LogP contribution is 2.30. The normalized spacial score (nSPS) is 10.8. The molecule has 0 aliphatic carbocycles. The van der Waals surface area contributed by atoms with E-state index < -0.39 is 5.97 Å². The van der Waals surface area contributed by atoms with Crippen LogP contribution in [0.5, 0.6) is 5.75 Å². The zero-order valence-electron chi connectivity index (χ0n) is 18.9. The summed E-state index contributed by atoms with van der Waals surface area (Å²) in [7, 11) is 0. The topological polar surface area (TPSA) is 111 Å². The minimum absolute atomic E-state index is 0.0683. The fourth-order valence-electron chi connectivity index (χ4n) is 3.58. The highest BCUT2D eigenvalue weighted by atomic mass is 16.5. The lowest BCUT2D eigenvalue weighted by Crippen LogP contribution is -2.13. The van der Waals surface area contributed by atoms with Gasteiger partial charge in [0.25, 0.3) is 5.91 Å². The van der Waals surface area contributed by atoms with Crippen LogP contribution < -0.4 is 10.1 Å². The second-order valence-corrected chi connectivity index (χ2v) is 7.77. The van der Waals surface area contributed by atoms with Crippen LogP contribution in [-0.2, 0) is 18.1 Å². The average Bonchev–Trinajstić information content (AvgIpc) is 3.42. The molecule has 2 heterocycles. The second-order valence-electron chi connectivity index (χ2n) is 7.77. The number of anilines is 1. The molecule has 4 rings (SSSR count). The molecule has 0 saturated carbocycles. The molecule has 34 heavy (non-hydrogen) atoms. The van der Waals surface area contributed by atoms with Crippen molar-refractivity contribution in [2.75, 3.05) is 5.32 Å². The number of hydrogen-bond acceptors (Lipinski definition) is 5. The number of benzene rings is 2. The predicted octanol–water partition coefficient (Wildman–Crippen LogP) is 4.13. The van der Waals surface area contributed by atoms with Crippen LogP contribution in [0.25, 0.3) is 11.1 Å². The molecule has 0 unspecified atom stereocenters. The Morgan fingerprint density at radius 1 is 1.06 bits per heavy atom. The van der Waals surface area contributed by atoms with Gasteiger partial charge in [-0.2, -0.15) is 10.2 Å². The Bertz CT molecular complexity index is 1310. The number of ether oxygens (including phenoxy) is 1. The third kappa shape index (κ3) is 5.15. The highest BCUT2D eigenvalue weighted by molar-refractivity contribution is 6.04. The molecule has 2 aromatic heterocycles. The van der Waals surface area contributed by atoms with Gasteiger partial charge in [-0.15, -0.1) is 0 Å². The summed E-state index contributed by atoms with van der Waals surface area (Å²) in [6.45, 7) is 4.05. The third-order valence-electron chi connectivity index (χ3n) is 5.38. The van der Waals surface area contributed by atoms with Gasteiger partial charge in [-0.25, -0.2) is 4.68 Å². The second kappa shape index (κ2) is 10.0. The minimum atomic E-state index is -0.922. The number of hydrogen-bond donors (Lipinski definition) is 2. The SMILES string of the molecule is Cc1nn(COc2ccccc2-c2ccccc2)c(C)c1NC(=O)c1cnn(CCC(=O)O)c1. The van der Waals surface area contributed by atoms with Gasteiger partial charge < -0.3 is 15.2 Å². The molecule has 1 amide bonds. The van der Waals surface area contributed by atoms with Crippen molar-refractivity contribution in [3.8, 4) is 16.9 Å². The number of nitrogens with zero attached hydrogens (tertiary/aromatic N) is 4. The molecule has 4 aromatic rings. The number of aliphatic carboxylic acids is 1. The van der Waals surface area contributed by atoms with Crippen LogP contribution in [0.2, 0.25) is 0 Å². The summed E-state index contributed by atoms with van der Waals surface area (Å²) in [4.78, 5) is 23.4. The molecule has 0 radical (unpaired) electrons. The van der Waals surface area contributed by atoms with E-state index in [-0.39, 0.29) is 25.6 Å². The molecule has 174 valence electrons. The number of rotatable bonds is 9. The van der Waals surface area contributed by atoms with Gasteiger partial charge in [0.05, 0.1) is 41.8 Å². The van der Waals surface area contributed by atoms with Gasteiger partial charge in [-0.3, -0.25) is 14.3 Å². The summed E-state index contributed by atoms with van der Waals surface area (Å²) >= 11 is 0. The van der Waals surface area contributed by atoms with E-state index in [0.717, 1.165) is 22.6 Å². The van der Waals surface area contributed by atoms with Crippen LogP contribution in [-0.4, -0.2) is 36.5 Å². The van der Waals surface area contributed by atoms with E-state index in [1.807, 2.05) is 68.4 Å². The molecule has 0 saturated heterocycles. The number of carboxylic acid groups (broad SMARTS) is 1. The predicted molar refractivity (Wildman–Crippen MR) is 127 cm³/mol. The molecule has 9 nitrogen and oxygen atoms in total. The number of nitrogens with one attached hydrogen (secondary N) is 1. The fraction of sp³-hybridized carbons (Fsp3) is 0.200. The number of amides is 1. The Hall–Kier alpha value is -4.40. The van der Waals surface area contributed by atoms with E-state index in [2.05, 4.69) is 15.5 Å². The van der Waals surface area contributed by atoms with Gasteiger partial charge in [-0.05, 0) is 25.5 Å². The number of aryl methyl sites for hydroxylation is 2. The van der Waals surface area contributed by atoms with E-state index in [9.17, 15) is 9.59 Å². The van der Waals surface area contributed by atoms with Crippen molar-refractivity contribution in [2.45, 2.75) is 33.5 Å². The van der Waals surface area contributed by atoms with Crippen LogP contribution in [0, 0.1) is 13.8 Å². The zero-order valence-corrected chi connectivity index (χ0v) is 18.9. The molecule has 2 aromatic carbocycles. The van der Waals surface area contributed by atoms with Crippen molar-refractivity contribution in [1.82, 2.24) is 19.6 Å². The Kier molecular flexibility index (Phi) is 6.72. The first-order valence-electron chi connectivity index (χ1n) is 10.8. The molecule has 0 bridgehead atoms. The monoisotopic (exact) mass is 459 g/mol. The summed E-state index contributed by atoms with van der Waals surface area (Å²) in [6.07, 6.45) is 2.87. The summed E-state index contributed by atoms with van der Waals surface area (Å²) in [5.74, 6) is -0.531. The van der Waals surface area contributed by atoms with Crippen LogP contribution in [0.4, 0.5) is 5.69 Å². The maximum atomic E-state index is 12.7. The first-order chi connectivity index (χ1) is 16.4. The van der Waals surface area contributed by atoms with Crippen molar-refractivity contribution < 1.29 is 19.4 Å². The summed E-state index contributed by atoms with van der Waals surface area (Å²) in [5.41, 5.74) is 4.39. The number of carbonyl (C=O) groups is 2. The molecule has 0 aliphatic rings. The van der Waals surface area contributed by atoms with Gasteiger partial charge in [0.15, 0.2) is 6.73 Å². The van der Waals surface area contributed by atoms with Gasteiger partial charge in [0.2, 0.25) is 0 Å². The van der Waals surface area contributed by atoms with E-state index in [0.29, 0.717) is 16.9 Å². The molecule has 2 N–H and O–H groups in total. The largest absolute Gasteiger partial charge is 0.481 e. The molecule has 0 atom stereocenters. The molecule has 9 heteroatoms.